The fraction of sp³-hybridized carbons (Fsp3) is 0.382. The molecule has 0 atom stereocenters. The van der Waals surface area contributed by atoms with Gasteiger partial charge >= 0.3 is 6.03 Å². The minimum absolute atomic E-state index is 0.0540. The summed E-state index contributed by atoms with van der Waals surface area (Å²) in [6.45, 7) is 13.5. The molecule has 8 nitrogen and oxygen atoms in total. The van der Waals surface area contributed by atoms with Crippen LogP contribution in [0.1, 0.15) is 72.3 Å². The first kappa shape index (κ1) is 29.2. The number of amides is 3. The highest BCUT2D eigenvalue weighted by molar-refractivity contribution is 5.99. The van der Waals surface area contributed by atoms with E-state index in [9.17, 15) is 9.59 Å². The zero-order valence-electron chi connectivity index (χ0n) is 25.5. The van der Waals surface area contributed by atoms with Gasteiger partial charge in [0.15, 0.2) is 0 Å². The van der Waals surface area contributed by atoms with Gasteiger partial charge in [0.2, 0.25) is 0 Å². The van der Waals surface area contributed by atoms with Crippen LogP contribution >= 0.6 is 0 Å². The molecule has 0 aliphatic carbocycles. The summed E-state index contributed by atoms with van der Waals surface area (Å²) in [6.07, 6.45) is 2.79. The Morgan fingerprint density at radius 3 is 2.31 bits per heavy atom. The molecule has 3 amide bonds. The number of aromatic nitrogens is 2. The predicted octanol–water partition coefficient (Wildman–Crippen LogP) is 7.43. The summed E-state index contributed by atoms with van der Waals surface area (Å²) < 4.78 is 7.34. The number of rotatable bonds is 6. The van der Waals surface area contributed by atoms with Crippen molar-refractivity contribution in [1.29, 1.82) is 0 Å². The molecular weight excluding hydrogens is 526 g/mol. The van der Waals surface area contributed by atoms with Gasteiger partial charge in [-0.3, -0.25) is 10.1 Å². The fourth-order valence-electron chi connectivity index (χ4n) is 5.46. The molecule has 4 aromatic rings. The summed E-state index contributed by atoms with van der Waals surface area (Å²) >= 11 is 0. The molecule has 1 aliphatic heterocycles. The first-order valence-electron chi connectivity index (χ1n) is 14.7. The highest BCUT2D eigenvalue weighted by Gasteiger charge is 2.26. The van der Waals surface area contributed by atoms with Gasteiger partial charge in [-0.1, -0.05) is 50.6 Å². The minimum Gasteiger partial charge on any atom is -0.466 e. The zero-order valence-corrected chi connectivity index (χ0v) is 25.5. The maximum atomic E-state index is 13.1. The van der Waals surface area contributed by atoms with Gasteiger partial charge in [0.25, 0.3) is 5.91 Å². The van der Waals surface area contributed by atoms with Gasteiger partial charge in [0.05, 0.1) is 16.9 Å². The number of likely N-dealkylation sites (tertiary alicyclic amines) is 1. The molecule has 0 radical (unpaired) electrons. The molecule has 0 unspecified atom stereocenters. The van der Waals surface area contributed by atoms with E-state index in [1.807, 2.05) is 80.3 Å². The van der Waals surface area contributed by atoms with Gasteiger partial charge in [0, 0.05) is 30.3 Å². The second-order valence-electron chi connectivity index (χ2n) is 12.5. The third-order valence-electron chi connectivity index (χ3n) is 7.88. The molecule has 8 heteroatoms. The number of hydrogen-bond donors (Lipinski definition) is 2. The monoisotopic (exact) mass is 567 g/mol. The van der Waals surface area contributed by atoms with E-state index in [0.29, 0.717) is 23.1 Å². The van der Waals surface area contributed by atoms with Gasteiger partial charge in [-0.15, -0.1) is 0 Å². The molecule has 1 fully saturated rings. The summed E-state index contributed by atoms with van der Waals surface area (Å²) in [5.41, 5.74) is 5.34. The van der Waals surface area contributed by atoms with Crippen molar-refractivity contribution in [2.75, 3.05) is 23.7 Å². The highest BCUT2D eigenvalue weighted by atomic mass is 16.3. The van der Waals surface area contributed by atoms with Crippen molar-refractivity contribution >= 4 is 23.4 Å². The topological polar surface area (TPSA) is 92.4 Å². The highest BCUT2D eigenvalue weighted by Crippen LogP contribution is 2.28. The van der Waals surface area contributed by atoms with Crippen LogP contribution in [0.3, 0.4) is 0 Å². The molecule has 1 saturated heterocycles. The molecule has 3 heterocycles. The smallest absolute Gasteiger partial charge is 0.324 e. The summed E-state index contributed by atoms with van der Waals surface area (Å²) in [5.74, 6) is 2.59. The van der Waals surface area contributed by atoms with Crippen LogP contribution < -0.4 is 10.6 Å². The normalized spacial score (nSPS) is 14.2. The van der Waals surface area contributed by atoms with E-state index in [1.165, 1.54) is 5.56 Å². The van der Waals surface area contributed by atoms with Gasteiger partial charge in [-0.2, -0.15) is 5.10 Å². The molecule has 2 N–H and O–H groups in total. The summed E-state index contributed by atoms with van der Waals surface area (Å²) in [4.78, 5) is 28.0. The Kier molecular flexibility index (Phi) is 8.25. The van der Waals surface area contributed by atoms with E-state index >= 15 is 0 Å². The molecule has 42 heavy (non-hydrogen) atoms. The number of nitrogens with zero attached hydrogens (tertiary/aromatic N) is 3. The van der Waals surface area contributed by atoms with Crippen molar-refractivity contribution in [1.82, 2.24) is 14.7 Å². The van der Waals surface area contributed by atoms with Crippen LogP contribution in [-0.4, -0.2) is 39.7 Å². The molecule has 0 bridgehead atoms. The van der Waals surface area contributed by atoms with Crippen molar-refractivity contribution in [3.05, 3.63) is 94.6 Å². The Morgan fingerprint density at radius 2 is 1.67 bits per heavy atom. The third kappa shape index (κ3) is 6.75. The van der Waals surface area contributed by atoms with Gasteiger partial charge < -0.3 is 14.6 Å². The first-order valence-corrected chi connectivity index (χ1v) is 14.7. The van der Waals surface area contributed by atoms with Crippen LogP contribution in [0.15, 0.2) is 65.1 Å². The number of urea groups is 1. The molecule has 2 aromatic heterocycles. The molecule has 0 saturated carbocycles. The van der Waals surface area contributed by atoms with Gasteiger partial charge in [-0.25, -0.2) is 9.48 Å². The lowest BCUT2D eigenvalue weighted by atomic mass is 9.90. The average Bonchev–Trinajstić information content (AvgIpc) is 3.51. The average molecular weight is 568 g/mol. The van der Waals surface area contributed by atoms with E-state index in [-0.39, 0.29) is 17.4 Å². The quantitative estimate of drug-likeness (QED) is 0.253. The third-order valence-corrected chi connectivity index (χ3v) is 7.88. The van der Waals surface area contributed by atoms with E-state index in [4.69, 9.17) is 9.52 Å². The molecular formula is C34H41N5O3. The van der Waals surface area contributed by atoms with Crippen LogP contribution in [-0.2, 0) is 11.8 Å². The Bertz CT molecular complexity index is 1570. The second-order valence-corrected chi connectivity index (χ2v) is 12.5. The Balaban J connectivity index is 1.20. The fourth-order valence-corrected chi connectivity index (χ4v) is 5.46. The van der Waals surface area contributed by atoms with Gasteiger partial charge in [0.1, 0.15) is 17.3 Å². The Labute approximate surface area is 248 Å². The minimum atomic E-state index is -0.322. The number of aryl methyl sites for hydroxylation is 3. The largest absolute Gasteiger partial charge is 0.466 e. The van der Waals surface area contributed by atoms with E-state index in [1.54, 1.807) is 4.68 Å². The number of anilines is 2. The van der Waals surface area contributed by atoms with Crippen LogP contribution in [0.4, 0.5) is 16.3 Å². The van der Waals surface area contributed by atoms with Crippen molar-refractivity contribution in [2.45, 2.75) is 66.2 Å². The van der Waals surface area contributed by atoms with Crippen LogP contribution in [0.2, 0.25) is 0 Å². The van der Waals surface area contributed by atoms with E-state index < -0.39 is 0 Å². The standard InChI is InChI=1S/C34H41N5O3/c1-22-10-12-28(13-11-22)39-31(21-30(37-39)34(4,5)6)36-33(41)35-27-9-7-8-26(20-27)19-25-14-16-38(17-15-25)32(40)29-18-23(2)42-24(29)3/h7-13,18,20-21,25H,14-17,19H2,1-6H3,(H2,35,36,41). The number of piperidine rings is 1. The Hall–Kier alpha value is -4.33. The molecule has 0 spiro atoms. The number of benzene rings is 2. The van der Waals surface area contributed by atoms with Crippen LogP contribution in [0, 0.1) is 26.7 Å². The van der Waals surface area contributed by atoms with Crippen LogP contribution in [0.25, 0.3) is 5.69 Å². The summed E-state index contributed by atoms with van der Waals surface area (Å²) in [7, 11) is 0. The lowest BCUT2D eigenvalue weighted by Crippen LogP contribution is -2.39. The molecule has 1 aliphatic rings. The van der Waals surface area contributed by atoms with Crippen LogP contribution in [0.5, 0.6) is 0 Å². The number of furan rings is 1. The number of nitrogens with one attached hydrogen (secondary N) is 2. The molecule has 5 rings (SSSR count). The SMILES string of the molecule is Cc1ccc(-n2nc(C(C)(C)C)cc2NC(=O)Nc2cccc(CC3CCN(C(=O)c4cc(C)oc4C)CC3)c2)cc1. The predicted molar refractivity (Wildman–Crippen MR) is 167 cm³/mol. The number of hydrogen-bond acceptors (Lipinski definition) is 4. The van der Waals surface area contributed by atoms with Crippen molar-refractivity contribution in [2.24, 2.45) is 5.92 Å². The van der Waals surface area contributed by atoms with Crippen molar-refractivity contribution < 1.29 is 14.0 Å². The van der Waals surface area contributed by atoms with Gasteiger partial charge in [-0.05, 0) is 81.8 Å². The molecule has 220 valence electrons. The number of carbonyl (C=O) groups excluding carboxylic acids is 2. The first-order chi connectivity index (χ1) is 20.0. The number of carbonyl (C=O) groups is 2. The molecule has 2 aromatic carbocycles. The Morgan fingerprint density at radius 1 is 0.952 bits per heavy atom. The van der Waals surface area contributed by atoms with E-state index in [2.05, 4.69) is 37.5 Å². The lowest BCUT2D eigenvalue weighted by Gasteiger charge is -2.32. The summed E-state index contributed by atoms with van der Waals surface area (Å²) in [6, 6.07) is 19.5. The maximum absolute atomic E-state index is 13.1. The summed E-state index contributed by atoms with van der Waals surface area (Å²) in [5, 5.41) is 10.8. The van der Waals surface area contributed by atoms with E-state index in [0.717, 1.165) is 60.7 Å². The zero-order chi connectivity index (χ0) is 30.0. The lowest BCUT2D eigenvalue weighted by molar-refractivity contribution is 0.0689. The van der Waals surface area contributed by atoms with Crippen molar-refractivity contribution in [3.63, 3.8) is 0 Å². The second kappa shape index (κ2) is 11.9. The maximum Gasteiger partial charge on any atom is 0.324 e. The van der Waals surface area contributed by atoms with Crippen molar-refractivity contribution in [3.8, 4) is 5.69 Å².